The summed E-state index contributed by atoms with van der Waals surface area (Å²) in [5.41, 5.74) is 4.75. The van der Waals surface area contributed by atoms with Gasteiger partial charge in [-0.25, -0.2) is 0 Å². The van der Waals surface area contributed by atoms with Gasteiger partial charge in [-0.3, -0.25) is 4.79 Å². The van der Waals surface area contributed by atoms with Crippen molar-refractivity contribution in [2.24, 2.45) is 5.73 Å². The molecule has 10 heavy (non-hydrogen) atoms. The summed E-state index contributed by atoms with van der Waals surface area (Å²) in [6.45, 7) is 0. The fourth-order valence-corrected chi connectivity index (χ4v) is 0.507. The van der Waals surface area contributed by atoms with Crippen molar-refractivity contribution in [2.75, 3.05) is 0 Å². The summed E-state index contributed by atoms with van der Waals surface area (Å²) in [6, 6.07) is 1.37. The van der Waals surface area contributed by atoms with Gasteiger partial charge in [0.15, 0.2) is 11.9 Å². The number of primary amides is 1. The van der Waals surface area contributed by atoms with E-state index in [4.69, 9.17) is 10.8 Å². The maximum Gasteiger partial charge on any atom is 0.254 e. The molecule has 1 atom stereocenters. The van der Waals surface area contributed by atoms with E-state index in [1.54, 1.807) is 0 Å². The largest absolute Gasteiger partial charge is 0.376 e. The number of nitrogens with zero attached hydrogens (tertiary/aromatic N) is 1. The van der Waals surface area contributed by atoms with Crippen LogP contribution in [-0.4, -0.2) is 16.2 Å². The molecular weight excluding hydrogens is 136 g/mol. The lowest BCUT2D eigenvalue weighted by Gasteiger charge is -1.97. The Bertz CT molecular complexity index is 219. The van der Waals surface area contributed by atoms with Crippen LogP contribution in [0.3, 0.4) is 0 Å². The highest BCUT2D eigenvalue weighted by molar-refractivity contribution is 5.79. The highest BCUT2D eigenvalue weighted by atomic mass is 16.5. The zero-order chi connectivity index (χ0) is 7.56. The molecule has 5 heteroatoms. The molecule has 0 aliphatic heterocycles. The van der Waals surface area contributed by atoms with Crippen molar-refractivity contribution in [1.29, 1.82) is 0 Å². The molecule has 1 rings (SSSR count). The van der Waals surface area contributed by atoms with E-state index in [1.807, 2.05) is 0 Å². The lowest BCUT2D eigenvalue weighted by Crippen LogP contribution is -2.20. The van der Waals surface area contributed by atoms with E-state index in [9.17, 15) is 4.79 Å². The van der Waals surface area contributed by atoms with Crippen molar-refractivity contribution in [3.63, 3.8) is 0 Å². The number of amides is 1. The van der Waals surface area contributed by atoms with Gasteiger partial charge in [0.25, 0.3) is 5.91 Å². The first-order chi connectivity index (χ1) is 4.72. The number of aliphatic hydroxyl groups is 1. The van der Waals surface area contributed by atoms with Gasteiger partial charge in [-0.15, -0.1) is 0 Å². The Labute approximate surface area is 56.4 Å². The summed E-state index contributed by atoms with van der Waals surface area (Å²) >= 11 is 0. The third kappa shape index (κ3) is 1.14. The number of aliphatic hydroxyl groups excluding tert-OH is 1. The quantitative estimate of drug-likeness (QED) is 0.565. The van der Waals surface area contributed by atoms with E-state index in [0.717, 1.165) is 0 Å². The molecule has 0 aromatic carbocycles. The molecular formula is C5H6N2O3. The maximum absolute atomic E-state index is 10.3. The average Bonchev–Trinajstić information content (AvgIpc) is 2.36. The molecule has 1 aromatic heterocycles. The molecule has 0 radical (unpaired) electrons. The van der Waals surface area contributed by atoms with Crippen LogP contribution in [0.1, 0.15) is 11.9 Å². The van der Waals surface area contributed by atoms with Crippen LogP contribution in [0.5, 0.6) is 0 Å². The predicted octanol–water partition coefficient (Wildman–Crippen LogP) is -0.807. The van der Waals surface area contributed by atoms with Crippen LogP contribution in [-0.2, 0) is 4.79 Å². The van der Waals surface area contributed by atoms with E-state index in [2.05, 4.69) is 9.68 Å². The third-order valence-corrected chi connectivity index (χ3v) is 0.997. The zero-order valence-corrected chi connectivity index (χ0v) is 5.02. The highest BCUT2D eigenvalue weighted by Crippen LogP contribution is 2.09. The Hall–Kier alpha value is -1.36. The lowest BCUT2D eigenvalue weighted by atomic mass is 10.3. The standard InChI is InChI=1S/C5H6N2O3/c6-5(9)4(8)3-1-2-7-10-3/h1-2,4,8H,(H2,6,9). The minimum atomic E-state index is -1.39. The molecule has 1 unspecified atom stereocenters. The van der Waals surface area contributed by atoms with E-state index in [-0.39, 0.29) is 5.76 Å². The molecule has 3 N–H and O–H groups in total. The van der Waals surface area contributed by atoms with Crippen LogP contribution in [0.4, 0.5) is 0 Å². The van der Waals surface area contributed by atoms with Crippen molar-refractivity contribution in [3.05, 3.63) is 18.0 Å². The SMILES string of the molecule is NC(=O)C(O)c1ccno1. The topological polar surface area (TPSA) is 89.4 Å². The van der Waals surface area contributed by atoms with Gasteiger partial charge in [-0.05, 0) is 0 Å². The monoisotopic (exact) mass is 142 g/mol. The third-order valence-electron chi connectivity index (χ3n) is 0.997. The Morgan fingerprint density at radius 3 is 3.00 bits per heavy atom. The first-order valence-corrected chi connectivity index (χ1v) is 2.60. The molecule has 0 saturated carbocycles. The van der Waals surface area contributed by atoms with Gasteiger partial charge in [-0.1, -0.05) is 5.16 Å². The second-order valence-electron chi connectivity index (χ2n) is 1.72. The molecule has 0 bridgehead atoms. The molecule has 0 saturated heterocycles. The zero-order valence-electron chi connectivity index (χ0n) is 5.02. The summed E-state index contributed by atoms with van der Waals surface area (Å²) in [6.07, 6.45) is -0.0656. The number of carbonyl (C=O) groups is 1. The van der Waals surface area contributed by atoms with Gasteiger partial charge in [0.1, 0.15) is 0 Å². The molecule has 0 aliphatic carbocycles. The first kappa shape index (κ1) is 6.76. The van der Waals surface area contributed by atoms with Crippen LogP contribution in [0, 0.1) is 0 Å². The molecule has 1 amide bonds. The van der Waals surface area contributed by atoms with E-state index < -0.39 is 12.0 Å². The Balaban J connectivity index is 2.77. The number of rotatable bonds is 2. The molecule has 1 aromatic rings. The summed E-state index contributed by atoms with van der Waals surface area (Å²) in [5.74, 6) is -0.788. The van der Waals surface area contributed by atoms with Gasteiger partial charge < -0.3 is 15.4 Å². The van der Waals surface area contributed by atoms with Gasteiger partial charge in [0.05, 0.1) is 6.20 Å². The molecule has 54 valence electrons. The van der Waals surface area contributed by atoms with E-state index in [1.165, 1.54) is 12.3 Å². The number of hydrogen-bond acceptors (Lipinski definition) is 4. The molecule has 0 aliphatic rings. The Kier molecular flexibility index (Phi) is 1.68. The van der Waals surface area contributed by atoms with Crippen LogP contribution in [0.15, 0.2) is 16.8 Å². The van der Waals surface area contributed by atoms with Gasteiger partial charge in [-0.2, -0.15) is 0 Å². The molecule has 5 nitrogen and oxygen atoms in total. The van der Waals surface area contributed by atoms with Crippen LogP contribution in [0.2, 0.25) is 0 Å². The second-order valence-corrected chi connectivity index (χ2v) is 1.72. The number of hydrogen-bond donors (Lipinski definition) is 2. The fraction of sp³-hybridized carbons (Fsp3) is 0.200. The summed E-state index contributed by atoms with van der Waals surface area (Å²) < 4.78 is 4.46. The minimum Gasteiger partial charge on any atom is -0.376 e. The number of carbonyl (C=O) groups excluding carboxylic acids is 1. The summed E-state index contributed by atoms with van der Waals surface area (Å²) in [7, 11) is 0. The number of nitrogens with two attached hydrogens (primary N) is 1. The van der Waals surface area contributed by atoms with E-state index in [0.29, 0.717) is 0 Å². The van der Waals surface area contributed by atoms with Crippen molar-refractivity contribution in [2.45, 2.75) is 6.10 Å². The van der Waals surface area contributed by atoms with Gasteiger partial charge in [0.2, 0.25) is 0 Å². The van der Waals surface area contributed by atoms with Crippen molar-refractivity contribution in [3.8, 4) is 0 Å². The maximum atomic E-state index is 10.3. The Morgan fingerprint density at radius 1 is 1.90 bits per heavy atom. The van der Waals surface area contributed by atoms with E-state index >= 15 is 0 Å². The second kappa shape index (κ2) is 2.49. The normalized spacial score (nSPS) is 12.9. The van der Waals surface area contributed by atoms with Crippen molar-refractivity contribution >= 4 is 5.91 Å². The van der Waals surface area contributed by atoms with Crippen molar-refractivity contribution < 1.29 is 14.4 Å². The minimum absolute atomic E-state index is 0.0625. The summed E-state index contributed by atoms with van der Waals surface area (Å²) in [5, 5.41) is 12.2. The van der Waals surface area contributed by atoms with Gasteiger partial charge >= 0.3 is 0 Å². The van der Waals surface area contributed by atoms with Crippen LogP contribution in [0.25, 0.3) is 0 Å². The lowest BCUT2D eigenvalue weighted by molar-refractivity contribution is -0.127. The fourth-order valence-electron chi connectivity index (χ4n) is 0.507. The molecule has 0 fully saturated rings. The average molecular weight is 142 g/mol. The van der Waals surface area contributed by atoms with Crippen LogP contribution < -0.4 is 5.73 Å². The van der Waals surface area contributed by atoms with Crippen molar-refractivity contribution in [1.82, 2.24) is 5.16 Å². The molecule has 0 spiro atoms. The highest BCUT2D eigenvalue weighted by Gasteiger charge is 2.16. The van der Waals surface area contributed by atoms with Crippen LogP contribution >= 0.6 is 0 Å². The van der Waals surface area contributed by atoms with Gasteiger partial charge in [0, 0.05) is 6.07 Å². The first-order valence-electron chi connectivity index (χ1n) is 2.60. The Morgan fingerprint density at radius 2 is 2.60 bits per heavy atom. The predicted molar refractivity (Wildman–Crippen MR) is 30.7 cm³/mol. The smallest absolute Gasteiger partial charge is 0.254 e. The molecule has 1 heterocycles. The summed E-state index contributed by atoms with van der Waals surface area (Å²) in [4.78, 5) is 10.3. The number of aromatic nitrogens is 1.